The van der Waals surface area contributed by atoms with E-state index in [0.29, 0.717) is 27.3 Å². The zero-order chi connectivity index (χ0) is 19.4. The minimum Gasteiger partial charge on any atom is -0.494 e. The summed E-state index contributed by atoms with van der Waals surface area (Å²) in [5.74, 6) is 0.123. The Kier molecular flexibility index (Phi) is 6.03. The lowest BCUT2D eigenvalue weighted by Gasteiger charge is -2.29. The fraction of sp³-hybridized carbons (Fsp3) is 0.211. The minimum atomic E-state index is -0.599. The Morgan fingerprint density at radius 1 is 1.26 bits per heavy atom. The van der Waals surface area contributed by atoms with Gasteiger partial charge < -0.3 is 10.1 Å². The van der Waals surface area contributed by atoms with Crippen LogP contribution in [0.4, 0.5) is 11.4 Å². The molecule has 2 aromatic rings. The zero-order valence-corrected chi connectivity index (χ0v) is 16.4. The number of thioether (sulfide) groups is 1. The third kappa shape index (κ3) is 4.43. The second-order valence-corrected chi connectivity index (χ2v) is 7.38. The third-order valence-electron chi connectivity index (χ3n) is 3.99. The topological polar surface area (TPSA) is 71.0 Å². The molecule has 1 aliphatic rings. The van der Waals surface area contributed by atoms with E-state index in [4.69, 9.17) is 16.3 Å². The maximum Gasteiger partial charge on any atom is 0.238 e. The van der Waals surface area contributed by atoms with E-state index in [1.807, 2.05) is 12.1 Å². The van der Waals surface area contributed by atoms with Crippen LogP contribution in [0.5, 0.6) is 5.75 Å². The summed E-state index contributed by atoms with van der Waals surface area (Å²) < 4.78 is 5.30. The molecular weight excluding hydrogens is 386 g/mol. The number of ether oxygens (including phenoxy) is 1. The van der Waals surface area contributed by atoms with Crippen molar-refractivity contribution >= 4 is 51.7 Å². The van der Waals surface area contributed by atoms with Crippen LogP contribution >= 0.6 is 23.4 Å². The molecule has 2 amide bonds. The second-order valence-electron chi connectivity index (χ2n) is 5.80. The van der Waals surface area contributed by atoms with E-state index in [0.717, 1.165) is 0 Å². The Labute approximate surface area is 166 Å². The molecular formula is C19H18ClN3O3S. The number of hydrogen-bond donors (Lipinski definition) is 1. The number of amides is 2. The van der Waals surface area contributed by atoms with Crippen LogP contribution in [0, 0.1) is 0 Å². The Bertz CT molecular complexity index is 903. The number of nitrogens with zero attached hydrogens (tertiary/aromatic N) is 2. The molecule has 0 saturated carbocycles. The lowest BCUT2D eigenvalue weighted by Crippen LogP contribution is -2.43. The molecule has 27 heavy (non-hydrogen) atoms. The Morgan fingerprint density at radius 3 is 2.70 bits per heavy atom. The summed E-state index contributed by atoms with van der Waals surface area (Å²) in [6.45, 7) is 0. The van der Waals surface area contributed by atoms with Crippen molar-refractivity contribution in [3.63, 3.8) is 0 Å². The molecule has 140 valence electrons. The van der Waals surface area contributed by atoms with Gasteiger partial charge in [0.2, 0.25) is 11.8 Å². The molecule has 1 heterocycles. The van der Waals surface area contributed by atoms with E-state index in [2.05, 4.69) is 10.3 Å². The van der Waals surface area contributed by atoms with Gasteiger partial charge >= 0.3 is 0 Å². The number of nitrogens with one attached hydrogen (secondary N) is 1. The molecule has 1 N–H and O–H groups in total. The van der Waals surface area contributed by atoms with Crippen LogP contribution in [-0.2, 0) is 9.59 Å². The van der Waals surface area contributed by atoms with Gasteiger partial charge in [0.25, 0.3) is 0 Å². The number of para-hydroxylation sites is 3. The Morgan fingerprint density at radius 2 is 1.96 bits per heavy atom. The molecule has 0 radical (unpaired) electrons. The Hall–Kier alpha value is -2.51. The van der Waals surface area contributed by atoms with Crippen LogP contribution in [0.25, 0.3) is 0 Å². The van der Waals surface area contributed by atoms with Gasteiger partial charge in [0, 0.05) is 13.5 Å². The summed E-state index contributed by atoms with van der Waals surface area (Å²) in [6.07, 6.45) is 0.0857. The molecule has 3 rings (SSSR count). The van der Waals surface area contributed by atoms with Gasteiger partial charge in [-0.3, -0.25) is 14.5 Å². The normalized spacial score (nSPS) is 18.5. The molecule has 1 atom stereocenters. The molecule has 0 aliphatic carbocycles. The highest BCUT2D eigenvalue weighted by molar-refractivity contribution is 8.15. The predicted molar refractivity (Wildman–Crippen MR) is 109 cm³/mol. The molecule has 0 spiro atoms. The number of benzene rings is 2. The molecule has 2 aromatic carbocycles. The first-order valence-corrected chi connectivity index (χ1v) is 9.45. The van der Waals surface area contributed by atoms with Gasteiger partial charge in [-0.25, -0.2) is 4.99 Å². The van der Waals surface area contributed by atoms with Gasteiger partial charge in [-0.05, 0) is 24.3 Å². The molecule has 6 nitrogen and oxygen atoms in total. The molecule has 1 fully saturated rings. The number of halogens is 1. The van der Waals surface area contributed by atoms with E-state index in [-0.39, 0.29) is 18.2 Å². The number of anilines is 1. The summed E-state index contributed by atoms with van der Waals surface area (Å²) in [7, 11) is 3.20. The smallest absolute Gasteiger partial charge is 0.238 e. The zero-order valence-electron chi connectivity index (χ0n) is 14.8. The van der Waals surface area contributed by atoms with Crippen LogP contribution in [0.1, 0.15) is 6.42 Å². The summed E-state index contributed by atoms with van der Waals surface area (Å²) in [5.41, 5.74) is 1.11. The van der Waals surface area contributed by atoms with Crippen LogP contribution in [0.3, 0.4) is 0 Å². The van der Waals surface area contributed by atoms with E-state index >= 15 is 0 Å². The van der Waals surface area contributed by atoms with Gasteiger partial charge in [0.1, 0.15) is 16.7 Å². The van der Waals surface area contributed by atoms with E-state index < -0.39 is 5.25 Å². The fourth-order valence-corrected chi connectivity index (χ4v) is 3.74. The van der Waals surface area contributed by atoms with E-state index in [1.54, 1.807) is 50.6 Å². The number of rotatable bonds is 4. The lowest BCUT2D eigenvalue weighted by atomic mass is 10.2. The number of hydrogen-bond acceptors (Lipinski definition) is 5. The quantitative estimate of drug-likeness (QED) is 0.839. The number of aliphatic imine (C=N–C) groups is 1. The predicted octanol–water partition coefficient (Wildman–Crippen LogP) is 3.94. The Balaban J connectivity index is 1.83. The molecule has 1 aliphatic heterocycles. The van der Waals surface area contributed by atoms with Crippen LogP contribution < -0.4 is 10.1 Å². The SMILES string of the molecule is COc1ccccc1N=C1SC(C(=O)Nc2ccccc2Cl)CC(=O)N1C. The van der Waals surface area contributed by atoms with Crippen molar-refractivity contribution in [3.05, 3.63) is 53.6 Å². The minimum absolute atomic E-state index is 0.0857. The first-order chi connectivity index (χ1) is 13.0. The van der Waals surface area contributed by atoms with Crippen LogP contribution in [0.15, 0.2) is 53.5 Å². The van der Waals surface area contributed by atoms with Crippen molar-refractivity contribution in [2.24, 2.45) is 4.99 Å². The summed E-state index contributed by atoms with van der Waals surface area (Å²) >= 11 is 7.33. The van der Waals surface area contributed by atoms with E-state index in [9.17, 15) is 9.59 Å². The van der Waals surface area contributed by atoms with Crippen LogP contribution in [0.2, 0.25) is 5.02 Å². The van der Waals surface area contributed by atoms with Crippen LogP contribution in [-0.4, -0.2) is 41.3 Å². The van der Waals surface area contributed by atoms with Gasteiger partial charge in [0.15, 0.2) is 5.17 Å². The standard InChI is InChI=1S/C19H18ClN3O3S/c1-23-17(24)11-16(18(25)21-13-8-4-3-7-12(13)20)27-19(23)22-14-9-5-6-10-15(14)26-2/h3-10,16H,11H2,1-2H3,(H,21,25). The van der Waals surface area contributed by atoms with Crippen molar-refractivity contribution in [2.45, 2.75) is 11.7 Å². The maximum atomic E-state index is 12.7. The molecule has 1 unspecified atom stereocenters. The van der Waals surface area contributed by atoms with Crippen molar-refractivity contribution in [1.29, 1.82) is 0 Å². The van der Waals surface area contributed by atoms with Crippen molar-refractivity contribution in [2.75, 3.05) is 19.5 Å². The number of amidine groups is 1. The molecule has 1 saturated heterocycles. The highest BCUT2D eigenvalue weighted by atomic mass is 35.5. The number of carbonyl (C=O) groups excluding carboxylic acids is 2. The largest absolute Gasteiger partial charge is 0.494 e. The van der Waals surface area contributed by atoms with Crippen molar-refractivity contribution in [1.82, 2.24) is 4.90 Å². The number of methoxy groups -OCH3 is 1. The van der Waals surface area contributed by atoms with E-state index in [1.165, 1.54) is 16.7 Å². The monoisotopic (exact) mass is 403 g/mol. The lowest BCUT2D eigenvalue weighted by molar-refractivity contribution is -0.128. The first kappa shape index (κ1) is 19.3. The van der Waals surface area contributed by atoms with Gasteiger partial charge in [-0.1, -0.05) is 47.6 Å². The molecule has 0 aromatic heterocycles. The highest BCUT2D eigenvalue weighted by Gasteiger charge is 2.34. The summed E-state index contributed by atoms with van der Waals surface area (Å²) in [6, 6.07) is 14.2. The second kappa shape index (κ2) is 8.45. The van der Waals surface area contributed by atoms with Gasteiger partial charge in [-0.15, -0.1) is 0 Å². The molecule has 8 heteroatoms. The number of carbonyl (C=O) groups is 2. The fourth-order valence-electron chi connectivity index (χ4n) is 2.50. The first-order valence-electron chi connectivity index (χ1n) is 8.20. The average Bonchev–Trinajstić information content (AvgIpc) is 2.67. The average molecular weight is 404 g/mol. The summed E-state index contributed by atoms with van der Waals surface area (Å²) in [5, 5.41) is 3.06. The maximum absolute atomic E-state index is 12.7. The van der Waals surface area contributed by atoms with Gasteiger partial charge in [-0.2, -0.15) is 0 Å². The van der Waals surface area contributed by atoms with Gasteiger partial charge in [0.05, 0.1) is 17.8 Å². The van der Waals surface area contributed by atoms with Crippen molar-refractivity contribution in [3.8, 4) is 5.75 Å². The summed E-state index contributed by atoms with van der Waals surface area (Å²) in [4.78, 5) is 31.0. The third-order valence-corrected chi connectivity index (χ3v) is 5.56. The highest BCUT2D eigenvalue weighted by Crippen LogP contribution is 2.33. The molecule has 0 bridgehead atoms. The van der Waals surface area contributed by atoms with Crippen molar-refractivity contribution < 1.29 is 14.3 Å².